The zero-order chi connectivity index (χ0) is 13.0. The number of piperidine rings is 1. The van der Waals surface area contributed by atoms with Gasteiger partial charge in [0.1, 0.15) is 5.82 Å². The molecule has 1 fully saturated rings. The molecule has 1 aliphatic rings. The number of pyridine rings is 1. The van der Waals surface area contributed by atoms with Gasteiger partial charge < -0.3 is 20.9 Å². The second-order valence-corrected chi connectivity index (χ2v) is 4.50. The first-order valence-corrected chi connectivity index (χ1v) is 6.04. The summed E-state index contributed by atoms with van der Waals surface area (Å²) in [5.74, 6) is 1.37. The van der Waals surface area contributed by atoms with E-state index in [0.29, 0.717) is 11.5 Å². The van der Waals surface area contributed by atoms with E-state index in [0.717, 1.165) is 31.7 Å². The summed E-state index contributed by atoms with van der Waals surface area (Å²) in [6.07, 6.45) is 3.57. The van der Waals surface area contributed by atoms with Gasteiger partial charge in [-0.15, -0.1) is 0 Å². The Balaban J connectivity index is 2.02. The summed E-state index contributed by atoms with van der Waals surface area (Å²) in [6.45, 7) is 2.08. The monoisotopic (exact) mass is 250 g/mol. The molecule has 0 aliphatic carbocycles. The van der Waals surface area contributed by atoms with E-state index in [2.05, 4.69) is 15.0 Å². The summed E-state index contributed by atoms with van der Waals surface area (Å²) in [5, 5.41) is 20.6. The van der Waals surface area contributed by atoms with Gasteiger partial charge in [-0.25, -0.2) is 4.98 Å². The average molecular weight is 250 g/mol. The topological polar surface area (TPSA) is 95.0 Å². The number of aliphatic hydroxyl groups excluding tert-OH is 1. The predicted molar refractivity (Wildman–Crippen MR) is 68.8 cm³/mol. The molecule has 1 saturated heterocycles. The summed E-state index contributed by atoms with van der Waals surface area (Å²) in [7, 11) is 0. The molecular formula is C12H18N4O2. The number of anilines is 1. The fraction of sp³-hybridized carbons (Fsp3) is 0.500. The molecule has 98 valence electrons. The molecule has 1 aliphatic heterocycles. The predicted octanol–water partition coefficient (Wildman–Crippen LogP) is 0.385. The molecule has 18 heavy (non-hydrogen) atoms. The number of amidine groups is 1. The highest BCUT2D eigenvalue weighted by molar-refractivity contribution is 5.96. The first kappa shape index (κ1) is 12.6. The minimum atomic E-state index is 0.0630. The lowest BCUT2D eigenvalue weighted by Gasteiger charge is -2.31. The summed E-state index contributed by atoms with van der Waals surface area (Å²) in [6, 6.07) is 3.65. The van der Waals surface area contributed by atoms with Crippen LogP contribution in [0.2, 0.25) is 0 Å². The van der Waals surface area contributed by atoms with Gasteiger partial charge in [-0.2, -0.15) is 0 Å². The van der Waals surface area contributed by atoms with E-state index in [4.69, 9.17) is 16.0 Å². The molecular weight excluding hydrogens is 232 g/mol. The van der Waals surface area contributed by atoms with Crippen LogP contribution in [0.1, 0.15) is 18.4 Å². The van der Waals surface area contributed by atoms with E-state index in [1.54, 1.807) is 12.3 Å². The molecule has 6 nitrogen and oxygen atoms in total. The van der Waals surface area contributed by atoms with Crippen LogP contribution in [0.15, 0.2) is 23.5 Å². The molecule has 0 spiro atoms. The van der Waals surface area contributed by atoms with Crippen molar-refractivity contribution in [3.8, 4) is 0 Å². The minimum absolute atomic E-state index is 0.0630. The maximum absolute atomic E-state index is 9.09. The van der Waals surface area contributed by atoms with Crippen LogP contribution in [0, 0.1) is 5.92 Å². The molecule has 0 amide bonds. The maximum Gasteiger partial charge on any atom is 0.171 e. The van der Waals surface area contributed by atoms with Crippen molar-refractivity contribution in [1.29, 1.82) is 0 Å². The Labute approximate surface area is 106 Å². The lowest BCUT2D eigenvalue weighted by molar-refractivity contribution is 0.203. The summed E-state index contributed by atoms with van der Waals surface area (Å²) in [4.78, 5) is 6.50. The van der Waals surface area contributed by atoms with Gasteiger partial charge in [-0.3, -0.25) is 0 Å². The molecule has 0 saturated carbocycles. The zero-order valence-electron chi connectivity index (χ0n) is 10.2. The van der Waals surface area contributed by atoms with Gasteiger partial charge in [0, 0.05) is 31.5 Å². The van der Waals surface area contributed by atoms with Crippen LogP contribution < -0.4 is 10.6 Å². The highest BCUT2D eigenvalue weighted by atomic mass is 16.4. The molecule has 0 radical (unpaired) electrons. The third kappa shape index (κ3) is 2.70. The summed E-state index contributed by atoms with van der Waals surface area (Å²) >= 11 is 0. The van der Waals surface area contributed by atoms with Gasteiger partial charge >= 0.3 is 0 Å². The Morgan fingerprint density at radius 3 is 2.67 bits per heavy atom. The quantitative estimate of drug-likeness (QED) is 0.312. The molecule has 1 aromatic heterocycles. The summed E-state index contributed by atoms with van der Waals surface area (Å²) < 4.78 is 0. The van der Waals surface area contributed by atoms with Crippen LogP contribution in [0.25, 0.3) is 0 Å². The van der Waals surface area contributed by atoms with Crippen molar-refractivity contribution in [2.24, 2.45) is 16.8 Å². The first-order chi connectivity index (χ1) is 8.74. The van der Waals surface area contributed by atoms with Gasteiger partial charge in [-0.05, 0) is 30.9 Å². The Bertz CT molecular complexity index is 411. The van der Waals surface area contributed by atoms with Gasteiger partial charge in [0.25, 0.3) is 0 Å². The fourth-order valence-electron chi connectivity index (χ4n) is 2.13. The molecule has 2 heterocycles. The molecule has 2 rings (SSSR count). The van der Waals surface area contributed by atoms with E-state index in [-0.39, 0.29) is 12.4 Å². The maximum atomic E-state index is 9.09. The van der Waals surface area contributed by atoms with Crippen molar-refractivity contribution in [3.63, 3.8) is 0 Å². The van der Waals surface area contributed by atoms with Gasteiger partial charge in [-0.1, -0.05) is 5.16 Å². The lowest BCUT2D eigenvalue weighted by Crippen LogP contribution is -2.35. The molecule has 0 atom stereocenters. The Kier molecular flexibility index (Phi) is 3.99. The average Bonchev–Trinajstić information content (AvgIpc) is 2.47. The smallest absolute Gasteiger partial charge is 0.171 e. The van der Waals surface area contributed by atoms with E-state index in [1.165, 1.54) is 0 Å². The van der Waals surface area contributed by atoms with Crippen molar-refractivity contribution in [1.82, 2.24) is 4.98 Å². The van der Waals surface area contributed by atoms with Crippen LogP contribution in [-0.2, 0) is 0 Å². The highest BCUT2D eigenvalue weighted by Gasteiger charge is 2.19. The number of nitrogens with two attached hydrogens (primary N) is 1. The number of aromatic nitrogens is 1. The van der Waals surface area contributed by atoms with E-state index in [1.807, 2.05) is 6.07 Å². The van der Waals surface area contributed by atoms with Gasteiger partial charge in [0.05, 0.1) is 0 Å². The van der Waals surface area contributed by atoms with Crippen LogP contribution in [0.3, 0.4) is 0 Å². The minimum Gasteiger partial charge on any atom is -0.409 e. The molecule has 1 aromatic rings. The second-order valence-electron chi connectivity index (χ2n) is 4.50. The van der Waals surface area contributed by atoms with Crippen molar-refractivity contribution in [2.75, 3.05) is 24.6 Å². The van der Waals surface area contributed by atoms with Crippen LogP contribution in [0.5, 0.6) is 0 Å². The normalized spacial score (nSPS) is 18.1. The molecule has 0 bridgehead atoms. The van der Waals surface area contributed by atoms with Crippen molar-refractivity contribution in [3.05, 3.63) is 23.9 Å². The number of oxime groups is 1. The fourth-order valence-corrected chi connectivity index (χ4v) is 2.13. The van der Waals surface area contributed by atoms with Gasteiger partial charge in [0.15, 0.2) is 5.84 Å². The molecule has 0 unspecified atom stereocenters. The van der Waals surface area contributed by atoms with E-state index in [9.17, 15) is 0 Å². The third-order valence-electron chi connectivity index (χ3n) is 3.35. The standard InChI is InChI=1S/C12H18N4O2/c13-12(15-18)10-1-2-11(14-7-10)16-5-3-9(8-17)4-6-16/h1-2,7,9,17-18H,3-6,8H2,(H2,13,15). The zero-order valence-corrected chi connectivity index (χ0v) is 10.2. The summed E-state index contributed by atoms with van der Waals surface area (Å²) in [5.41, 5.74) is 6.08. The number of rotatable bonds is 3. The first-order valence-electron chi connectivity index (χ1n) is 6.04. The Morgan fingerprint density at radius 1 is 1.44 bits per heavy atom. The third-order valence-corrected chi connectivity index (χ3v) is 3.35. The van der Waals surface area contributed by atoms with Crippen molar-refractivity contribution in [2.45, 2.75) is 12.8 Å². The van der Waals surface area contributed by atoms with Crippen molar-refractivity contribution >= 4 is 11.7 Å². The largest absolute Gasteiger partial charge is 0.409 e. The second kappa shape index (κ2) is 5.68. The van der Waals surface area contributed by atoms with E-state index < -0.39 is 0 Å². The number of nitrogens with zero attached hydrogens (tertiary/aromatic N) is 3. The van der Waals surface area contributed by atoms with E-state index >= 15 is 0 Å². The molecule has 6 heteroatoms. The SMILES string of the molecule is N/C(=N\O)c1ccc(N2CCC(CO)CC2)nc1. The highest BCUT2D eigenvalue weighted by Crippen LogP contribution is 2.21. The van der Waals surface area contributed by atoms with Crippen LogP contribution >= 0.6 is 0 Å². The Morgan fingerprint density at radius 2 is 2.17 bits per heavy atom. The lowest BCUT2D eigenvalue weighted by atomic mass is 9.98. The van der Waals surface area contributed by atoms with Crippen LogP contribution in [-0.4, -0.2) is 40.8 Å². The van der Waals surface area contributed by atoms with Gasteiger partial charge in [0.2, 0.25) is 0 Å². The van der Waals surface area contributed by atoms with Crippen LogP contribution in [0.4, 0.5) is 5.82 Å². The molecule has 0 aromatic carbocycles. The Hall–Kier alpha value is -1.82. The van der Waals surface area contributed by atoms with Crippen molar-refractivity contribution < 1.29 is 10.3 Å². The number of aliphatic hydroxyl groups is 1. The number of hydrogen-bond acceptors (Lipinski definition) is 5. The molecule has 4 N–H and O–H groups in total. The number of hydrogen-bond donors (Lipinski definition) is 3.